The number of carbonyl (C=O) groups excluding carboxylic acids is 1. The summed E-state index contributed by atoms with van der Waals surface area (Å²) in [5.41, 5.74) is -1.55. The standard InChI is InChI=1S/C10H5Cl3F3N3O3/c11-3-7(20)9(19(21)22)18-17-8-5(12)1-4(2-6(8)13)10(14,15)16/h1-2,9H,3H2. The van der Waals surface area contributed by atoms with Gasteiger partial charge in [-0.1, -0.05) is 23.2 Å². The molecule has 0 aromatic heterocycles. The Balaban J connectivity index is 3.20. The molecule has 0 aliphatic heterocycles. The van der Waals surface area contributed by atoms with E-state index in [1.165, 1.54) is 0 Å². The highest BCUT2D eigenvalue weighted by Crippen LogP contribution is 2.40. The zero-order chi connectivity index (χ0) is 17.1. The second-order valence-electron chi connectivity index (χ2n) is 3.76. The number of azo groups is 1. The van der Waals surface area contributed by atoms with Gasteiger partial charge in [0.1, 0.15) is 5.69 Å². The molecule has 120 valence electrons. The monoisotopic (exact) mass is 377 g/mol. The summed E-state index contributed by atoms with van der Waals surface area (Å²) in [6, 6.07) is 1.07. The normalized spacial score (nSPS) is 13.4. The summed E-state index contributed by atoms with van der Waals surface area (Å²) >= 11 is 16.4. The summed E-state index contributed by atoms with van der Waals surface area (Å²) in [5, 5.41) is 16.0. The van der Waals surface area contributed by atoms with E-state index in [1.54, 1.807) is 0 Å². The SMILES string of the molecule is O=C(CCl)C(N=Nc1c(Cl)cc(C(F)(F)F)cc1Cl)[N+](=O)[O-]. The molecule has 6 nitrogen and oxygen atoms in total. The number of nitrogens with zero attached hydrogens (tertiary/aromatic N) is 3. The van der Waals surface area contributed by atoms with Crippen molar-refractivity contribution in [3.63, 3.8) is 0 Å². The van der Waals surface area contributed by atoms with Gasteiger partial charge in [0.05, 0.1) is 26.4 Å². The molecule has 1 unspecified atom stereocenters. The van der Waals surface area contributed by atoms with Crippen molar-refractivity contribution in [1.82, 2.24) is 0 Å². The second-order valence-corrected chi connectivity index (χ2v) is 4.84. The largest absolute Gasteiger partial charge is 0.416 e. The first-order chi connectivity index (χ1) is 10.1. The van der Waals surface area contributed by atoms with Crippen molar-refractivity contribution in [3.05, 3.63) is 37.9 Å². The molecule has 0 aliphatic rings. The van der Waals surface area contributed by atoms with E-state index in [-0.39, 0.29) is 0 Å². The zero-order valence-corrected chi connectivity index (χ0v) is 12.5. The molecule has 1 aromatic carbocycles. The number of rotatable bonds is 5. The van der Waals surface area contributed by atoms with Crippen LogP contribution < -0.4 is 0 Å². The molecule has 12 heteroatoms. The molecule has 0 heterocycles. The number of hydrogen-bond donors (Lipinski definition) is 0. The van der Waals surface area contributed by atoms with Crippen LogP contribution in [0.15, 0.2) is 22.4 Å². The number of carbonyl (C=O) groups is 1. The first-order valence-corrected chi connectivity index (χ1v) is 6.56. The molecule has 0 saturated carbocycles. The van der Waals surface area contributed by atoms with Gasteiger partial charge in [-0.15, -0.1) is 21.8 Å². The van der Waals surface area contributed by atoms with Gasteiger partial charge in [-0.05, 0) is 12.1 Å². The minimum atomic E-state index is -4.68. The predicted molar refractivity (Wildman–Crippen MR) is 72.5 cm³/mol. The first-order valence-electron chi connectivity index (χ1n) is 5.27. The fraction of sp³-hybridized carbons (Fsp3) is 0.300. The fourth-order valence-electron chi connectivity index (χ4n) is 1.23. The third-order valence-electron chi connectivity index (χ3n) is 2.23. The maximum absolute atomic E-state index is 12.5. The van der Waals surface area contributed by atoms with Gasteiger partial charge in [0.25, 0.3) is 0 Å². The highest BCUT2D eigenvalue weighted by Gasteiger charge is 2.32. The van der Waals surface area contributed by atoms with E-state index >= 15 is 0 Å². The fourth-order valence-corrected chi connectivity index (χ4v) is 1.93. The van der Waals surface area contributed by atoms with Gasteiger partial charge in [-0.2, -0.15) is 13.2 Å². The first kappa shape index (κ1) is 18.6. The lowest BCUT2D eigenvalue weighted by molar-refractivity contribution is -0.506. The number of benzene rings is 1. The Kier molecular flexibility index (Phi) is 6.09. The van der Waals surface area contributed by atoms with Crippen LogP contribution in [-0.2, 0) is 11.0 Å². The molecule has 0 saturated heterocycles. The van der Waals surface area contributed by atoms with Gasteiger partial charge in [0, 0.05) is 0 Å². The summed E-state index contributed by atoms with van der Waals surface area (Å²) in [6.45, 7) is 0. The second kappa shape index (κ2) is 7.21. The number of ketones is 1. The maximum atomic E-state index is 12.5. The van der Waals surface area contributed by atoms with Gasteiger partial charge in [0.15, 0.2) is 0 Å². The number of alkyl halides is 4. The van der Waals surface area contributed by atoms with E-state index in [9.17, 15) is 28.1 Å². The van der Waals surface area contributed by atoms with Crippen molar-refractivity contribution in [3.8, 4) is 0 Å². The predicted octanol–water partition coefficient (Wildman–Crippen LogP) is 4.51. The number of halogens is 6. The van der Waals surface area contributed by atoms with E-state index in [4.69, 9.17) is 34.8 Å². The molecular formula is C10H5Cl3F3N3O3. The molecule has 22 heavy (non-hydrogen) atoms. The Morgan fingerprint density at radius 2 is 1.82 bits per heavy atom. The Morgan fingerprint density at radius 1 is 1.32 bits per heavy atom. The molecule has 1 aromatic rings. The van der Waals surface area contributed by atoms with E-state index in [1.807, 2.05) is 0 Å². The Labute approximate surface area is 136 Å². The van der Waals surface area contributed by atoms with E-state index in [2.05, 4.69) is 10.2 Å². The Hall–Kier alpha value is -1.45. The summed E-state index contributed by atoms with van der Waals surface area (Å²) in [7, 11) is 0. The summed E-state index contributed by atoms with van der Waals surface area (Å²) in [6.07, 6.45) is -6.77. The van der Waals surface area contributed by atoms with Gasteiger partial charge in [-0.3, -0.25) is 14.9 Å². The van der Waals surface area contributed by atoms with Crippen LogP contribution in [0.2, 0.25) is 10.0 Å². The Bertz CT molecular complexity index is 614. The lowest BCUT2D eigenvalue weighted by Gasteiger charge is -2.09. The molecule has 0 radical (unpaired) electrons. The third kappa shape index (κ3) is 4.52. The van der Waals surface area contributed by atoms with Crippen LogP contribution in [-0.4, -0.2) is 22.8 Å². The van der Waals surface area contributed by atoms with E-state index in [0.29, 0.717) is 12.1 Å². The quantitative estimate of drug-likeness (QED) is 0.327. The van der Waals surface area contributed by atoms with Gasteiger partial charge in [0.2, 0.25) is 5.78 Å². The minimum absolute atomic E-state index is 0.425. The van der Waals surface area contributed by atoms with Crippen molar-refractivity contribution in [2.45, 2.75) is 12.3 Å². The summed E-state index contributed by atoms with van der Waals surface area (Å²) < 4.78 is 37.6. The number of nitro groups is 1. The summed E-state index contributed by atoms with van der Waals surface area (Å²) in [4.78, 5) is 20.8. The van der Waals surface area contributed by atoms with Crippen LogP contribution in [0.3, 0.4) is 0 Å². The van der Waals surface area contributed by atoms with Crippen molar-refractivity contribution < 1.29 is 22.9 Å². The Morgan fingerprint density at radius 3 is 2.18 bits per heavy atom. The van der Waals surface area contributed by atoms with Gasteiger partial charge >= 0.3 is 12.3 Å². The molecule has 0 amide bonds. The number of hydrogen-bond acceptors (Lipinski definition) is 5. The van der Waals surface area contributed by atoms with E-state index < -0.39 is 50.2 Å². The number of Topliss-reactive ketones (excluding diaryl/α,β-unsaturated/α-hetero) is 1. The van der Waals surface area contributed by atoms with Crippen LogP contribution in [0.1, 0.15) is 5.56 Å². The summed E-state index contributed by atoms with van der Waals surface area (Å²) in [5.74, 6) is -1.73. The molecule has 1 rings (SSSR count). The average molecular weight is 379 g/mol. The highest BCUT2D eigenvalue weighted by molar-refractivity contribution is 6.38. The third-order valence-corrected chi connectivity index (χ3v) is 3.07. The highest BCUT2D eigenvalue weighted by atomic mass is 35.5. The average Bonchev–Trinajstić information content (AvgIpc) is 2.39. The van der Waals surface area contributed by atoms with Crippen LogP contribution in [0.25, 0.3) is 0 Å². The molecule has 0 fully saturated rings. The molecule has 0 spiro atoms. The van der Waals surface area contributed by atoms with Crippen LogP contribution in [0, 0.1) is 10.1 Å². The topological polar surface area (TPSA) is 84.9 Å². The zero-order valence-electron chi connectivity index (χ0n) is 10.3. The van der Waals surface area contributed by atoms with Crippen LogP contribution >= 0.6 is 34.8 Å². The lowest BCUT2D eigenvalue weighted by atomic mass is 10.2. The van der Waals surface area contributed by atoms with Crippen molar-refractivity contribution in [1.29, 1.82) is 0 Å². The smallest absolute Gasteiger partial charge is 0.288 e. The molecule has 0 bridgehead atoms. The lowest BCUT2D eigenvalue weighted by Crippen LogP contribution is -2.28. The minimum Gasteiger partial charge on any atom is -0.288 e. The van der Waals surface area contributed by atoms with Gasteiger partial charge < -0.3 is 0 Å². The van der Waals surface area contributed by atoms with Crippen molar-refractivity contribution in [2.75, 3.05) is 5.88 Å². The molecule has 0 N–H and O–H groups in total. The van der Waals surface area contributed by atoms with Gasteiger partial charge in [-0.25, -0.2) is 0 Å². The molecule has 1 atom stereocenters. The van der Waals surface area contributed by atoms with Crippen molar-refractivity contribution >= 4 is 46.3 Å². The van der Waals surface area contributed by atoms with E-state index in [0.717, 1.165) is 0 Å². The maximum Gasteiger partial charge on any atom is 0.416 e. The van der Waals surface area contributed by atoms with Crippen LogP contribution in [0.4, 0.5) is 18.9 Å². The molecule has 0 aliphatic carbocycles. The van der Waals surface area contributed by atoms with Crippen molar-refractivity contribution in [2.24, 2.45) is 10.2 Å². The molecular weight excluding hydrogens is 373 g/mol. The van der Waals surface area contributed by atoms with Crippen LogP contribution in [0.5, 0.6) is 0 Å².